The van der Waals surface area contributed by atoms with Crippen molar-refractivity contribution in [2.75, 3.05) is 13.1 Å². The first-order valence-electron chi connectivity index (χ1n) is 9.00. The number of carbonyl (C=O) groups excluding carboxylic acids is 2. The first kappa shape index (κ1) is 20.6. The summed E-state index contributed by atoms with van der Waals surface area (Å²) in [5, 5.41) is 3.04. The molecule has 7 heteroatoms. The molecule has 0 radical (unpaired) electrons. The second-order valence-electron chi connectivity index (χ2n) is 7.49. The Kier molecular flexibility index (Phi) is 6.24. The highest BCUT2D eigenvalue weighted by molar-refractivity contribution is 7.89. The third kappa shape index (κ3) is 4.71. The van der Waals surface area contributed by atoms with Crippen LogP contribution in [0.1, 0.15) is 57.3 Å². The lowest BCUT2D eigenvalue weighted by Gasteiger charge is -2.33. The average molecular weight is 381 g/mol. The van der Waals surface area contributed by atoms with E-state index in [0.717, 1.165) is 6.42 Å². The van der Waals surface area contributed by atoms with Gasteiger partial charge in [-0.3, -0.25) is 9.59 Å². The van der Waals surface area contributed by atoms with Crippen molar-refractivity contribution in [3.05, 3.63) is 29.8 Å². The van der Waals surface area contributed by atoms with Crippen molar-refractivity contribution >= 4 is 21.7 Å². The molecule has 26 heavy (non-hydrogen) atoms. The number of benzene rings is 1. The van der Waals surface area contributed by atoms with Gasteiger partial charge in [0.25, 0.3) is 0 Å². The molecule has 1 aliphatic rings. The van der Waals surface area contributed by atoms with Gasteiger partial charge in [0.1, 0.15) is 0 Å². The normalized spacial score (nSPS) is 17.1. The number of carbonyl (C=O) groups is 2. The number of Topliss-reactive ketones (excluding diaryl/α,β-unsaturated/α-hetero) is 1. The fraction of sp³-hybridized carbons (Fsp3) is 0.579. The van der Waals surface area contributed by atoms with E-state index in [-0.39, 0.29) is 28.0 Å². The van der Waals surface area contributed by atoms with Gasteiger partial charge in [-0.25, -0.2) is 8.42 Å². The third-order valence-corrected chi connectivity index (χ3v) is 6.94. The minimum Gasteiger partial charge on any atom is -0.351 e. The van der Waals surface area contributed by atoms with Crippen molar-refractivity contribution in [1.82, 2.24) is 9.62 Å². The maximum atomic E-state index is 12.8. The molecule has 1 fully saturated rings. The van der Waals surface area contributed by atoms with E-state index in [1.807, 2.05) is 20.8 Å². The van der Waals surface area contributed by atoms with Crippen LogP contribution >= 0.6 is 0 Å². The molecule has 0 bridgehead atoms. The lowest BCUT2D eigenvalue weighted by Crippen LogP contribution is -2.48. The second kappa shape index (κ2) is 7.88. The van der Waals surface area contributed by atoms with E-state index >= 15 is 0 Å². The van der Waals surface area contributed by atoms with Gasteiger partial charge in [-0.05, 0) is 52.2 Å². The van der Waals surface area contributed by atoms with Crippen molar-refractivity contribution in [3.8, 4) is 0 Å². The van der Waals surface area contributed by atoms with Crippen molar-refractivity contribution in [1.29, 1.82) is 0 Å². The van der Waals surface area contributed by atoms with Gasteiger partial charge in [0.2, 0.25) is 15.9 Å². The number of nitrogens with zero attached hydrogens (tertiary/aromatic N) is 1. The number of nitrogens with one attached hydrogen (secondary N) is 1. The number of piperidine rings is 1. The Hall–Kier alpha value is -1.73. The molecule has 1 aromatic carbocycles. The Labute approximate surface area is 156 Å². The van der Waals surface area contributed by atoms with E-state index in [4.69, 9.17) is 0 Å². The van der Waals surface area contributed by atoms with E-state index in [0.29, 0.717) is 31.5 Å². The van der Waals surface area contributed by atoms with Crippen LogP contribution in [-0.4, -0.2) is 43.0 Å². The molecule has 0 unspecified atom stereocenters. The number of amides is 1. The van der Waals surface area contributed by atoms with E-state index in [1.54, 1.807) is 12.1 Å². The van der Waals surface area contributed by atoms with Crippen LogP contribution in [0.15, 0.2) is 29.2 Å². The Balaban J connectivity index is 2.06. The predicted molar refractivity (Wildman–Crippen MR) is 100 cm³/mol. The van der Waals surface area contributed by atoms with Crippen LogP contribution in [0, 0.1) is 5.92 Å². The molecule has 0 aliphatic carbocycles. The van der Waals surface area contributed by atoms with E-state index < -0.39 is 10.0 Å². The van der Waals surface area contributed by atoms with Crippen LogP contribution in [-0.2, 0) is 14.8 Å². The number of hydrogen-bond donors (Lipinski definition) is 1. The summed E-state index contributed by atoms with van der Waals surface area (Å²) in [6, 6.07) is 6.11. The Morgan fingerprint density at radius 1 is 1.23 bits per heavy atom. The van der Waals surface area contributed by atoms with Crippen LogP contribution in [0.2, 0.25) is 0 Å². The van der Waals surface area contributed by atoms with Gasteiger partial charge in [-0.2, -0.15) is 4.31 Å². The number of sulfonamides is 1. The Morgan fingerprint density at radius 2 is 1.85 bits per heavy atom. The van der Waals surface area contributed by atoms with Crippen molar-refractivity contribution in [2.45, 2.75) is 57.4 Å². The monoisotopic (exact) mass is 380 g/mol. The summed E-state index contributed by atoms with van der Waals surface area (Å²) in [6.45, 7) is 7.99. The molecule has 144 valence electrons. The highest BCUT2D eigenvalue weighted by Gasteiger charge is 2.33. The van der Waals surface area contributed by atoms with Gasteiger partial charge >= 0.3 is 0 Å². The molecule has 1 heterocycles. The van der Waals surface area contributed by atoms with Gasteiger partial charge in [0.05, 0.1) is 4.90 Å². The zero-order chi connectivity index (χ0) is 19.5. The maximum absolute atomic E-state index is 12.8. The van der Waals surface area contributed by atoms with Crippen molar-refractivity contribution in [2.24, 2.45) is 5.92 Å². The summed E-state index contributed by atoms with van der Waals surface area (Å²) < 4.78 is 27.1. The molecular formula is C19H28N2O4S. The first-order chi connectivity index (χ1) is 12.1. The lowest BCUT2D eigenvalue weighted by atomic mass is 9.94. The molecule has 1 aliphatic heterocycles. The smallest absolute Gasteiger partial charge is 0.243 e. The lowest BCUT2D eigenvalue weighted by molar-refractivity contribution is -0.127. The fourth-order valence-electron chi connectivity index (χ4n) is 2.91. The molecule has 0 spiro atoms. The van der Waals surface area contributed by atoms with Crippen LogP contribution < -0.4 is 5.32 Å². The van der Waals surface area contributed by atoms with Gasteiger partial charge in [-0.15, -0.1) is 0 Å². The average Bonchev–Trinajstić information content (AvgIpc) is 2.61. The third-order valence-electron chi connectivity index (χ3n) is 5.05. The summed E-state index contributed by atoms with van der Waals surface area (Å²) in [7, 11) is -3.66. The quantitative estimate of drug-likeness (QED) is 0.769. The summed E-state index contributed by atoms with van der Waals surface area (Å²) >= 11 is 0. The summed E-state index contributed by atoms with van der Waals surface area (Å²) in [6.07, 6.45) is 1.83. The van der Waals surface area contributed by atoms with Crippen LogP contribution in [0.4, 0.5) is 0 Å². The van der Waals surface area contributed by atoms with Gasteiger partial charge in [0.15, 0.2) is 5.78 Å². The molecule has 1 saturated heterocycles. The topological polar surface area (TPSA) is 83.6 Å². The van der Waals surface area contributed by atoms with Gasteiger partial charge < -0.3 is 5.32 Å². The molecule has 0 saturated carbocycles. The predicted octanol–water partition coefficient (Wildman–Crippen LogP) is 2.59. The zero-order valence-electron chi connectivity index (χ0n) is 15.9. The second-order valence-corrected chi connectivity index (χ2v) is 9.43. The highest BCUT2D eigenvalue weighted by Crippen LogP contribution is 2.25. The number of hydrogen-bond acceptors (Lipinski definition) is 4. The molecule has 0 aromatic heterocycles. The minimum atomic E-state index is -3.66. The van der Waals surface area contributed by atoms with Gasteiger partial charge in [0, 0.05) is 30.1 Å². The van der Waals surface area contributed by atoms with Crippen LogP contribution in [0.25, 0.3) is 0 Å². The Morgan fingerprint density at radius 3 is 2.38 bits per heavy atom. The SMILES string of the molecule is CCC(C)(C)NC(=O)C1CCN(S(=O)(=O)c2cccc(C(C)=O)c2)CC1. The molecule has 1 aromatic rings. The Bertz CT molecular complexity index is 778. The van der Waals surface area contributed by atoms with E-state index in [2.05, 4.69) is 5.32 Å². The zero-order valence-corrected chi connectivity index (χ0v) is 16.7. The highest BCUT2D eigenvalue weighted by atomic mass is 32.2. The van der Waals surface area contributed by atoms with Crippen molar-refractivity contribution < 1.29 is 18.0 Å². The first-order valence-corrected chi connectivity index (χ1v) is 10.4. The van der Waals surface area contributed by atoms with Crippen molar-refractivity contribution in [3.63, 3.8) is 0 Å². The molecular weight excluding hydrogens is 352 g/mol. The largest absolute Gasteiger partial charge is 0.351 e. The van der Waals surface area contributed by atoms with Gasteiger partial charge in [-0.1, -0.05) is 19.1 Å². The van der Waals surface area contributed by atoms with E-state index in [1.165, 1.54) is 23.4 Å². The number of ketones is 1. The minimum absolute atomic E-state index is 0.00697. The van der Waals surface area contributed by atoms with E-state index in [9.17, 15) is 18.0 Å². The molecule has 2 rings (SSSR count). The van der Waals surface area contributed by atoms with Crippen LogP contribution in [0.3, 0.4) is 0 Å². The summed E-state index contributed by atoms with van der Waals surface area (Å²) in [4.78, 5) is 24.0. The number of rotatable bonds is 6. The molecule has 1 N–H and O–H groups in total. The summed E-state index contributed by atoms with van der Waals surface area (Å²) in [5.41, 5.74) is 0.120. The maximum Gasteiger partial charge on any atom is 0.243 e. The summed E-state index contributed by atoms with van der Waals surface area (Å²) in [5.74, 6) is -0.348. The molecule has 0 atom stereocenters. The van der Waals surface area contributed by atoms with Crippen LogP contribution in [0.5, 0.6) is 0 Å². The molecule has 6 nitrogen and oxygen atoms in total. The molecule has 1 amide bonds. The fourth-order valence-corrected chi connectivity index (χ4v) is 4.42. The standard InChI is InChI=1S/C19H28N2O4S/c1-5-19(3,4)20-18(23)15-9-11-21(12-10-15)26(24,25)17-8-6-7-16(13-17)14(2)22/h6-8,13,15H,5,9-12H2,1-4H3,(H,20,23).